The number of hydrogen-bond acceptors (Lipinski definition) is 6. The van der Waals surface area contributed by atoms with E-state index in [-0.39, 0.29) is 19.1 Å². The zero-order valence-corrected chi connectivity index (χ0v) is 20.1. The summed E-state index contributed by atoms with van der Waals surface area (Å²) in [6.07, 6.45) is 1.78. The summed E-state index contributed by atoms with van der Waals surface area (Å²) in [5, 5.41) is 2.99. The lowest BCUT2D eigenvalue weighted by molar-refractivity contribution is 0.172. The molecular weight excluding hydrogens is 440 g/mol. The van der Waals surface area contributed by atoms with Crippen LogP contribution in [0.25, 0.3) is 0 Å². The van der Waals surface area contributed by atoms with Crippen molar-refractivity contribution < 1.29 is 13.2 Å². The highest BCUT2D eigenvalue weighted by Gasteiger charge is 2.30. The number of carbonyl (C=O) groups is 1. The number of hydrogen-bond donors (Lipinski definition) is 1. The third kappa shape index (κ3) is 5.45. The average molecular weight is 473 g/mol. The maximum atomic E-state index is 12.9. The number of nitrogens with zero attached hydrogens (tertiary/aromatic N) is 5. The van der Waals surface area contributed by atoms with E-state index in [1.807, 2.05) is 19.1 Å². The van der Waals surface area contributed by atoms with E-state index in [1.54, 1.807) is 35.4 Å². The molecule has 1 aromatic carbocycles. The Morgan fingerprint density at radius 1 is 0.970 bits per heavy atom. The summed E-state index contributed by atoms with van der Waals surface area (Å²) >= 11 is 0. The van der Waals surface area contributed by atoms with Crippen LogP contribution in [0.2, 0.25) is 0 Å². The van der Waals surface area contributed by atoms with Crippen LogP contribution >= 0.6 is 0 Å². The van der Waals surface area contributed by atoms with Crippen LogP contribution in [-0.2, 0) is 16.6 Å². The van der Waals surface area contributed by atoms with Gasteiger partial charge in [-0.3, -0.25) is 0 Å². The second-order valence-electron chi connectivity index (χ2n) is 8.64. The molecule has 2 aliphatic heterocycles. The number of amides is 2. The fourth-order valence-corrected chi connectivity index (χ4v) is 5.57. The molecule has 0 aliphatic carbocycles. The molecule has 2 saturated heterocycles. The molecule has 10 heteroatoms. The number of piperazine rings is 2. The van der Waals surface area contributed by atoms with Crippen LogP contribution in [0.1, 0.15) is 11.1 Å². The maximum Gasteiger partial charge on any atom is 0.317 e. The molecule has 0 radical (unpaired) electrons. The van der Waals surface area contributed by atoms with E-state index in [4.69, 9.17) is 0 Å². The number of aryl methyl sites for hydroxylation is 1. The van der Waals surface area contributed by atoms with E-state index in [2.05, 4.69) is 27.1 Å². The normalized spacial score (nSPS) is 18.4. The molecule has 4 rings (SSSR count). The first-order valence-corrected chi connectivity index (χ1v) is 12.8. The third-order valence-electron chi connectivity index (χ3n) is 6.28. The van der Waals surface area contributed by atoms with Gasteiger partial charge in [-0.15, -0.1) is 0 Å². The van der Waals surface area contributed by atoms with E-state index >= 15 is 0 Å². The molecule has 2 aliphatic rings. The molecule has 2 aromatic rings. The Hall–Kier alpha value is -2.69. The summed E-state index contributed by atoms with van der Waals surface area (Å²) in [4.78, 5) is 23.8. The van der Waals surface area contributed by atoms with Gasteiger partial charge < -0.3 is 20.0 Å². The minimum atomic E-state index is -3.55. The lowest BCUT2D eigenvalue weighted by Gasteiger charge is -2.35. The SMILES string of the molecule is Cc1ccc(S(=O)(=O)N2CCN(C(=O)NCc3cccnc3N3CCN(C)CC3)CC2)cc1. The van der Waals surface area contributed by atoms with Gasteiger partial charge in [0.2, 0.25) is 10.0 Å². The van der Waals surface area contributed by atoms with Crippen molar-refractivity contribution >= 4 is 21.9 Å². The lowest BCUT2D eigenvalue weighted by Crippen LogP contribution is -2.53. The van der Waals surface area contributed by atoms with Crippen molar-refractivity contribution in [1.82, 2.24) is 24.4 Å². The standard InChI is InChI=1S/C23H32N6O3S/c1-19-5-7-21(8-6-19)33(31,32)29-16-14-28(15-17-29)23(30)25-18-20-4-3-9-24-22(20)27-12-10-26(2)11-13-27/h3-9H,10-18H2,1-2H3,(H,25,30). The topological polar surface area (TPSA) is 89.1 Å². The lowest BCUT2D eigenvalue weighted by atomic mass is 10.2. The molecule has 3 heterocycles. The number of likely N-dealkylation sites (N-methyl/N-ethyl adjacent to an activating group) is 1. The predicted molar refractivity (Wildman–Crippen MR) is 128 cm³/mol. The number of aromatic nitrogens is 1. The van der Waals surface area contributed by atoms with Crippen molar-refractivity contribution in [3.63, 3.8) is 0 Å². The fraction of sp³-hybridized carbons (Fsp3) is 0.478. The largest absolute Gasteiger partial charge is 0.354 e. The number of urea groups is 1. The molecule has 0 unspecified atom stereocenters. The molecule has 2 fully saturated rings. The second-order valence-corrected chi connectivity index (χ2v) is 10.6. The fourth-order valence-electron chi connectivity index (χ4n) is 4.14. The molecule has 1 N–H and O–H groups in total. The van der Waals surface area contributed by atoms with Crippen molar-refractivity contribution in [2.24, 2.45) is 0 Å². The van der Waals surface area contributed by atoms with Gasteiger partial charge in [0.25, 0.3) is 0 Å². The van der Waals surface area contributed by atoms with Crippen molar-refractivity contribution in [3.05, 3.63) is 53.7 Å². The Labute approximate surface area is 196 Å². The summed E-state index contributed by atoms with van der Waals surface area (Å²) < 4.78 is 27.2. The molecule has 0 saturated carbocycles. The Morgan fingerprint density at radius 2 is 1.64 bits per heavy atom. The van der Waals surface area contributed by atoms with Crippen LogP contribution in [0, 0.1) is 6.92 Å². The van der Waals surface area contributed by atoms with E-state index < -0.39 is 10.0 Å². The second kappa shape index (κ2) is 10.1. The predicted octanol–water partition coefficient (Wildman–Crippen LogP) is 1.36. The average Bonchev–Trinajstić information content (AvgIpc) is 2.83. The van der Waals surface area contributed by atoms with Gasteiger partial charge in [0.05, 0.1) is 4.90 Å². The van der Waals surface area contributed by atoms with Gasteiger partial charge in [-0.05, 0) is 32.2 Å². The van der Waals surface area contributed by atoms with Crippen molar-refractivity contribution in [2.45, 2.75) is 18.4 Å². The first-order chi connectivity index (χ1) is 15.8. The number of carbonyl (C=O) groups excluding carboxylic acids is 1. The smallest absolute Gasteiger partial charge is 0.317 e. The highest BCUT2D eigenvalue weighted by atomic mass is 32.2. The van der Waals surface area contributed by atoms with E-state index in [0.29, 0.717) is 24.5 Å². The monoisotopic (exact) mass is 472 g/mol. The summed E-state index contributed by atoms with van der Waals surface area (Å²) in [5.41, 5.74) is 2.00. The van der Waals surface area contributed by atoms with Gasteiger partial charge in [0.15, 0.2) is 0 Å². The van der Waals surface area contributed by atoms with E-state index in [1.165, 1.54) is 4.31 Å². The van der Waals surface area contributed by atoms with Gasteiger partial charge in [-0.25, -0.2) is 18.2 Å². The summed E-state index contributed by atoms with van der Waals surface area (Å²) in [6.45, 7) is 7.37. The summed E-state index contributed by atoms with van der Waals surface area (Å²) in [6, 6.07) is 10.6. The maximum absolute atomic E-state index is 12.9. The first-order valence-electron chi connectivity index (χ1n) is 11.3. The number of rotatable bonds is 5. The van der Waals surface area contributed by atoms with Crippen LogP contribution in [0.5, 0.6) is 0 Å². The zero-order valence-electron chi connectivity index (χ0n) is 19.3. The highest BCUT2D eigenvalue weighted by molar-refractivity contribution is 7.89. The Bertz CT molecular complexity index is 1060. The number of anilines is 1. The molecular formula is C23H32N6O3S. The molecule has 0 bridgehead atoms. The Kier molecular flexibility index (Phi) is 7.16. The molecule has 2 amide bonds. The van der Waals surface area contributed by atoms with Gasteiger partial charge in [-0.2, -0.15) is 4.31 Å². The third-order valence-corrected chi connectivity index (χ3v) is 8.20. The van der Waals surface area contributed by atoms with Gasteiger partial charge in [0, 0.05) is 70.7 Å². The van der Waals surface area contributed by atoms with Gasteiger partial charge in [-0.1, -0.05) is 23.8 Å². The highest BCUT2D eigenvalue weighted by Crippen LogP contribution is 2.20. The minimum absolute atomic E-state index is 0.185. The van der Waals surface area contributed by atoms with Crippen molar-refractivity contribution in [1.29, 1.82) is 0 Å². The Balaban J connectivity index is 1.32. The number of pyridine rings is 1. The molecule has 178 valence electrons. The molecule has 0 atom stereocenters. The molecule has 33 heavy (non-hydrogen) atoms. The first kappa shape index (κ1) is 23.5. The van der Waals surface area contributed by atoms with Crippen LogP contribution < -0.4 is 10.2 Å². The summed E-state index contributed by atoms with van der Waals surface area (Å²) in [7, 11) is -1.43. The molecule has 9 nitrogen and oxygen atoms in total. The van der Waals surface area contributed by atoms with Crippen LogP contribution in [0.4, 0.5) is 10.6 Å². The van der Waals surface area contributed by atoms with Crippen molar-refractivity contribution in [2.75, 3.05) is 64.3 Å². The molecule has 1 aromatic heterocycles. The van der Waals surface area contributed by atoms with Crippen LogP contribution in [0.3, 0.4) is 0 Å². The van der Waals surface area contributed by atoms with E-state index in [9.17, 15) is 13.2 Å². The molecule has 0 spiro atoms. The number of sulfonamides is 1. The van der Waals surface area contributed by atoms with E-state index in [0.717, 1.165) is 43.1 Å². The quantitative estimate of drug-likeness (QED) is 0.707. The van der Waals surface area contributed by atoms with Crippen molar-refractivity contribution in [3.8, 4) is 0 Å². The van der Waals surface area contributed by atoms with Crippen LogP contribution in [-0.4, -0.2) is 92.9 Å². The van der Waals surface area contributed by atoms with Crippen LogP contribution in [0.15, 0.2) is 47.5 Å². The summed E-state index contributed by atoms with van der Waals surface area (Å²) in [5.74, 6) is 0.917. The number of benzene rings is 1. The number of nitrogens with one attached hydrogen (secondary N) is 1. The zero-order chi connectivity index (χ0) is 23.4. The van der Waals surface area contributed by atoms with Gasteiger partial charge in [0.1, 0.15) is 5.82 Å². The van der Waals surface area contributed by atoms with Gasteiger partial charge >= 0.3 is 6.03 Å². The Morgan fingerprint density at radius 3 is 2.30 bits per heavy atom. The minimum Gasteiger partial charge on any atom is -0.354 e.